The minimum absolute atomic E-state index is 0.0181. The number of pyridine rings is 1. The molecule has 2 atom stereocenters. The largest absolute Gasteiger partial charge is 0.377 e. The minimum atomic E-state index is -0.0181. The van der Waals surface area contributed by atoms with E-state index in [1.165, 1.54) is 16.0 Å². The van der Waals surface area contributed by atoms with E-state index in [0.717, 1.165) is 28.6 Å². The molecule has 0 fully saturated rings. The number of nitrogens with one attached hydrogen (secondary N) is 2. The monoisotopic (exact) mass is 373 g/mol. The van der Waals surface area contributed by atoms with Crippen molar-refractivity contribution in [2.24, 2.45) is 0 Å². The zero-order valence-corrected chi connectivity index (χ0v) is 15.7. The lowest BCUT2D eigenvalue weighted by Crippen LogP contribution is -2.28. The highest BCUT2D eigenvalue weighted by atomic mass is 32.1. The van der Waals surface area contributed by atoms with Crippen LogP contribution in [0.3, 0.4) is 0 Å². The number of aryl methyl sites for hydroxylation is 1. The van der Waals surface area contributed by atoms with Crippen LogP contribution in [0.1, 0.15) is 40.6 Å². The molecule has 2 unspecified atom stereocenters. The van der Waals surface area contributed by atoms with Crippen LogP contribution in [0.15, 0.2) is 65.0 Å². The van der Waals surface area contributed by atoms with Crippen LogP contribution < -0.4 is 10.9 Å². The fourth-order valence-corrected chi connectivity index (χ4v) is 5.00. The average Bonchev–Trinajstić information content (AvgIpc) is 3.25. The van der Waals surface area contributed by atoms with Gasteiger partial charge in [0, 0.05) is 39.1 Å². The molecule has 1 aliphatic rings. The van der Waals surface area contributed by atoms with E-state index in [1.807, 2.05) is 29.9 Å². The number of hydrogen-bond donors (Lipinski definition) is 2. The maximum atomic E-state index is 12.7. The smallest absolute Gasteiger partial charge is 0.256 e. The molecule has 3 heterocycles. The second kappa shape index (κ2) is 6.35. The molecule has 0 amide bonds. The van der Waals surface area contributed by atoms with Crippen LogP contribution in [-0.4, -0.2) is 9.97 Å². The molecule has 5 heteroatoms. The molecular weight excluding hydrogens is 354 g/mol. The van der Waals surface area contributed by atoms with Gasteiger partial charge in [-0.25, -0.2) is 0 Å². The van der Waals surface area contributed by atoms with E-state index in [2.05, 4.69) is 52.5 Å². The van der Waals surface area contributed by atoms with Gasteiger partial charge < -0.3 is 10.3 Å². The van der Waals surface area contributed by atoms with E-state index in [-0.39, 0.29) is 17.5 Å². The molecule has 2 aromatic heterocycles. The van der Waals surface area contributed by atoms with E-state index >= 15 is 0 Å². The molecule has 0 saturated heterocycles. The highest BCUT2D eigenvalue weighted by Gasteiger charge is 2.35. The molecule has 134 valence electrons. The molecule has 0 radical (unpaired) electrons. The van der Waals surface area contributed by atoms with Gasteiger partial charge in [0.25, 0.3) is 5.56 Å². The van der Waals surface area contributed by atoms with Crippen molar-refractivity contribution >= 4 is 27.8 Å². The first-order valence-electron chi connectivity index (χ1n) is 9.15. The van der Waals surface area contributed by atoms with Crippen molar-refractivity contribution in [1.29, 1.82) is 0 Å². The van der Waals surface area contributed by atoms with E-state index in [0.29, 0.717) is 0 Å². The lowest BCUT2D eigenvalue weighted by molar-refractivity contribution is 0.664. The van der Waals surface area contributed by atoms with Crippen LogP contribution in [0, 0.1) is 0 Å². The zero-order chi connectivity index (χ0) is 18.4. The first-order valence-corrected chi connectivity index (χ1v) is 10.0. The Balaban J connectivity index is 1.87. The van der Waals surface area contributed by atoms with E-state index in [9.17, 15) is 4.79 Å². The van der Waals surface area contributed by atoms with Gasteiger partial charge in [-0.15, -0.1) is 11.3 Å². The Kier molecular flexibility index (Phi) is 3.83. The van der Waals surface area contributed by atoms with Crippen LogP contribution in [0.25, 0.3) is 10.8 Å². The molecule has 2 aromatic carbocycles. The molecule has 0 spiro atoms. The van der Waals surface area contributed by atoms with Gasteiger partial charge in [-0.05, 0) is 29.7 Å². The van der Waals surface area contributed by atoms with Crippen LogP contribution in [0.2, 0.25) is 0 Å². The predicted molar refractivity (Wildman–Crippen MR) is 111 cm³/mol. The number of thiazole rings is 1. The van der Waals surface area contributed by atoms with Crippen molar-refractivity contribution in [3.05, 3.63) is 92.3 Å². The summed E-state index contributed by atoms with van der Waals surface area (Å²) in [6.45, 7) is 2.10. The lowest BCUT2D eigenvalue weighted by atomic mass is 9.79. The second-order valence-corrected chi connectivity index (χ2v) is 7.76. The summed E-state index contributed by atoms with van der Waals surface area (Å²) in [5.74, 6) is 0.101. The van der Waals surface area contributed by atoms with Crippen molar-refractivity contribution in [2.75, 3.05) is 5.32 Å². The Hall–Kier alpha value is -2.92. The number of nitrogens with zero attached hydrogens (tertiary/aromatic N) is 1. The third-order valence-corrected chi connectivity index (χ3v) is 6.25. The third kappa shape index (κ3) is 2.50. The quantitative estimate of drug-likeness (QED) is 0.540. The Labute approximate surface area is 160 Å². The molecular formula is C22H19N3OS. The Bertz CT molecular complexity index is 1170. The molecule has 0 bridgehead atoms. The molecule has 0 saturated carbocycles. The predicted octanol–water partition coefficient (Wildman–Crippen LogP) is 4.85. The summed E-state index contributed by atoms with van der Waals surface area (Å²) in [5.41, 5.74) is 6.35. The molecule has 27 heavy (non-hydrogen) atoms. The second-order valence-electron chi connectivity index (χ2n) is 6.84. The van der Waals surface area contributed by atoms with Crippen LogP contribution >= 0.6 is 11.3 Å². The Morgan fingerprint density at radius 2 is 1.96 bits per heavy atom. The normalized spacial score (nSPS) is 18.4. The molecule has 0 aliphatic carbocycles. The summed E-state index contributed by atoms with van der Waals surface area (Å²) in [6, 6.07) is 16.5. The van der Waals surface area contributed by atoms with Crippen molar-refractivity contribution in [2.45, 2.75) is 25.3 Å². The van der Waals surface area contributed by atoms with Gasteiger partial charge in [-0.2, -0.15) is 0 Å². The van der Waals surface area contributed by atoms with Gasteiger partial charge in [0.1, 0.15) is 0 Å². The van der Waals surface area contributed by atoms with Gasteiger partial charge in [0.05, 0.1) is 11.6 Å². The minimum Gasteiger partial charge on any atom is -0.377 e. The molecule has 4 nitrogen and oxygen atoms in total. The van der Waals surface area contributed by atoms with Crippen LogP contribution in [-0.2, 0) is 6.42 Å². The standard InChI is InChI=1S/C22H19N3OS/c1-2-15-19-18-14(22(26)25-15)9-6-10-16(18)24-21(13-7-4-3-5-8-13)20(19)17-11-23-12-27-17/h3-12,20-21,24H,2H2,1H3,(H,25,26). The topological polar surface area (TPSA) is 57.8 Å². The summed E-state index contributed by atoms with van der Waals surface area (Å²) in [4.78, 5) is 21.3. The Morgan fingerprint density at radius 3 is 2.70 bits per heavy atom. The number of aromatic nitrogens is 2. The molecule has 1 aliphatic heterocycles. The van der Waals surface area contributed by atoms with Gasteiger partial charge in [0.15, 0.2) is 0 Å². The number of H-pyrrole nitrogens is 1. The SMILES string of the molecule is CCc1[nH]c(=O)c2cccc3c2c1C(c1cncs1)C(c1ccccc1)N3. The van der Waals surface area contributed by atoms with Crippen molar-refractivity contribution < 1.29 is 0 Å². The summed E-state index contributed by atoms with van der Waals surface area (Å²) < 4.78 is 0. The van der Waals surface area contributed by atoms with Crippen molar-refractivity contribution in [1.82, 2.24) is 9.97 Å². The molecule has 5 rings (SSSR count). The lowest BCUT2D eigenvalue weighted by Gasteiger charge is -2.36. The van der Waals surface area contributed by atoms with Gasteiger partial charge in [-0.3, -0.25) is 9.78 Å². The number of anilines is 1. The average molecular weight is 373 g/mol. The maximum absolute atomic E-state index is 12.7. The highest BCUT2D eigenvalue weighted by Crippen LogP contribution is 2.49. The first-order chi connectivity index (χ1) is 13.3. The highest BCUT2D eigenvalue weighted by molar-refractivity contribution is 7.09. The van der Waals surface area contributed by atoms with Crippen LogP contribution in [0.4, 0.5) is 5.69 Å². The van der Waals surface area contributed by atoms with Gasteiger partial charge in [-0.1, -0.05) is 43.3 Å². The van der Waals surface area contributed by atoms with Crippen LogP contribution in [0.5, 0.6) is 0 Å². The summed E-state index contributed by atoms with van der Waals surface area (Å²) in [6.07, 6.45) is 2.74. The van der Waals surface area contributed by atoms with Crippen molar-refractivity contribution in [3.8, 4) is 0 Å². The number of aromatic amines is 1. The number of benzene rings is 2. The number of rotatable bonds is 3. The fourth-order valence-electron chi connectivity index (χ4n) is 4.24. The Morgan fingerprint density at radius 1 is 1.11 bits per heavy atom. The first kappa shape index (κ1) is 16.3. The van der Waals surface area contributed by atoms with E-state index < -0.39 is 0 Å². The maximum Gasteiger partial charge on any atom is 0.256 e. The van der Waals surface area contributed by atoms with Crippen molar-refractivity contribution in [3.63, 3.8) is 0 Å². The van der Waals surface area contributed by atoms with E-state index in [4.69, 9.17) is 0 Å². The fraction of sp³-hybridized carbons (Fsp3) is 0.182. The summed E-state index contributed by atoms with van der Waals surface area (Å²) in [7, 11) is 0. The summed E-state index contributed by atoms with van der Waals surface area (Å²) in [5, 5.41) is 5.51. The van der Waals surface area contributed by atoms with Gasteiger partial charge in [0.2, 0.25) is 0 Å². The van der Waals surface area contributed by atoms with E-state index in [1.54, 1.807) is 11.3 Å². The third-order valence-electron chi connectivity index (χ3n) is 5.39. The summed E-state index contributed by atoms with van der Waals surface area (Å²) >= 11 is 1.67. The molecule has 2 N–H and O–H groups in total. The molecule has 4 aromatic rings. The zero-order valence-electron chi connectivity index (χ0n) is 14.9. The number of hydrogen-bond acceptors (Lipinski definition) is 4. The van der Waals surface area contributed by atoms with Gasteiger partial charge >= 0.3 is 0 Å².